The number of ether oxygens (including phenoxy) is 1. The zero-order valence-corrected chi connectivity index (χ0v) is 11.1. The van der Waals surface area contributed by atoms with Gasteiger partial charge in [-0.1, -0.05) is 0 Å². The number of nitrogens with zero attached hydrogens (tertiary/aromatic N) is 1. The Kier molecular flexibility index (Phi) is 5.30. The molecule has 2 heterocycles. The zero-order chi connectivity index (χ0) is 13.5. The van der Waals surface area contributed by atoms with E-state index in [2.05, 4.69) is 10.3 Å². The summed E-state index contributed by atoms with van der Waals surface area (Å²) in [4.78, 5) is 16.0. The molecule has 5 heteroatoms. The fourth-order valence-electron chi connectivity index (χ4n) is 2.24. The molecule has 1 aliphatic rings. The molecule has 0 atom stereocenters. The van der Waals surface area contributed by atoms with Crippen molar-refractivity contribution in [1.82, 2.24) is 10.3 Å². The first kappa shape index (κ1) is 14.0. The van der Waals surface area contributed by atoms with Gasteiger partial charge in [0.05, 0.1) is 0 Å². The molecule has 5 nitrogen and oxygen atoms in total. The normalized spacial score (nSPS) is 16.3. The molecule has 0 saturated carbocycles. The molecule has 1 aliphatic heterocycles. The highest BCUT2D eigenvalue weighted by molar-refractivity contribution is 5.92. The van der Waals surface area contributed by atoms with Gasteiger partial charge in [-0.15, -0.1) is 0 Å². The van der Waals surface area contributed by atoms with Gasteiger partial charge in [0.2, 0.25) is 0 Å². The van der Waals surface area contributed by atoms with Crippen molar-refractivity contribution in [3.63, 3.8) is 0 Å². The molecular weight excluding hydrogens is 242 g/mol. The number of hydrogen-bond donors (Lipinski definition) is 2. The van der Waals surface area contributed by atoms with Crippen molar-refractivity contribution < 1.29 is 9.53 Å². The summed E-state index contributed by atoms with van der Waals surface area (Å²) in [6.45, 7) is 2.81. The number of nitrogens with two attached hydrogens (primary N) is 1. The minimum Gasteiger partial charge on any atom is -0.381 e. The fourth-order valence-corrected chi connectivity index (χ4v) is 2.24. The Morgan fingerprint density at radius 2 is 2.26 bits per heavy atom. The van der Waals surface area contributed by atoms with E-state index < -0.39 is 0 Å². The second kappa shape index (κ2) is 7.21. The molecule has 0 radical (unpaired) electrons. The first-order chi connectivity index (χ1) is 9.29. The van der Waals surface area contributed by atoms with Crippen LogP contribution in [-0.2, 0) is 11.3 Å². The van der Waals surface area contributed by atoms with E-state index in [1.165, 1.54) is 0 Å². The summed E-state index contributed by atoms with van der Waals surface area (Å²) in [6.07, 6.45) is 4.81. The summed E-state index contributed by atoms with van der Waals surface area (Å²) < 4.78 is 5.31. The van der Waals surface area contributed by atoms with Gasteiger partial charge in [0, 0.05) is 32.5 Å². The van der Waals surface area contributed by atoms with E-state index in [1.807, 2.05) is 6.07 Å². The van der Waals surface area contributed by atoms with Crippen LogP contribution in [-0.4, -0.2) is 30.6 Å². The summed E-state index contributed by atoms with van der Waals surface area (Å²) in [5, 5.41) is 2.91. The molecule has 1 aromatic heterocycles. The van der Waals surface area contributed by atoms with E-state index in [4.69, 9.17) is 10.5 Å². The number of rotatable bonds is 5. The van der Waals surface area contributed by atoms with Crippen molar-refractivity contribution in [2.24, 2.45) is 11.7 Å². The Balaban J connectivity index is 1.77. The second-order valence-electron chi connectivity index (χ2n) is 4.85. The third-order valence-corrected chi connectivity index (χ3v) is 3.47. The summed E-state index contributed by atoms with van der Waals surface area (Å²) in [7, 11) is 0. The average Bonchev–Trinajstić information content (AvgIpc) is 2.48. The Morgan fingerprint density at radius 3 is 3.00 bits per heavy atom. The van der Waals surface area contributed by atoms with Gasteiger partial charge < -0.3 is 15.8 Å². The third-order valence-electron chi connectivity index (χ3n) is 3.47. The molecule has 1 fully saturated rings. The standard InChI is InChI=1S/C14H21N3O2/c15-10-12-2-5-16-13(9-12)14(18)17-6-1-11-3-7-19-8-4-11/h2,5,9,11H,1,3-4,6-8,10,15H2,(H,17,18). The summed E-state index contributed by atoms with van der Waals surface area (Å²) in [5.74, 6) is 0.541. The van der Waals surface area contributed by atoms with Gasteiger partial charge in [-0.25, -0.2) is 0 Å². The summed E-state index contributed by atoms with van der Waals surface area (Å²) >= 11 is 0. The van der Waals surface area contributed by atoms with Gasteiger partial charge >= 0.3 is 0 Å². The van der Waals surface area contributed by atoms with Gasteiger partial charge in [0.25, 0.3) is 5.91 Å². The monoisotopic (exact) mass is 263 g/mol. The number of carbonyl (C=O) groups excluding carboxylic acids is 1. The van der Waals surface area contributed by atoms with Gasteiger partial charge in [-0.05, 0) is 42.9 Å². The Labute approximate surface area is 113 Å². The molecule has 3 N–H and O–H groups in total. The minimum absolute atomic E-state index is 0.123. The lowest BCUT2D eigenvalue weighted by atomic mass is 9.97. The van der Waals surface area contributed by atoms with Crippen LogP contribution in [0.3, 0.4) is 0 Å². The maximum Gasteiger partial charge on any atom is 0.269 e. The molecule has 1 amide bonds. The van der Waals surface area contributed by atoms with E-state index in [0.717, 1.165) is 38.0 Å². The lowest BCUT2D eigenvalue weighted by Crippen LogP contribution is -2.28. The van der Waals surface area contributed by atoms with Gasteiger partial charge in [0.1, 0.15) is 5.69 Å². The number of hydrogen-bond acceptors (Lipinski definition) is 4. The van der Waals surface area contributed by atoms with E-state index in [0.29, 0.717) is 24.7 Å². The highest BCUT2D eigenvalue weighted by Gasteiger charge is 2.14. The van der Waals surface area contributed by atoms with Crippen molar-refractivity contribution in [3.05, 3.63) is 29.6 Å². The van der Waals surface area contributed by atoms with Gasteiger partial charge in [-0.3, -0.25) is 9.78 Å². The third kappa shape index (κ3) is 4.29. The number of aromatic nitrogens is 1. The van der Waals surface area contributed by atoms with Crippen LogP contribution in [0.1, 0.15) is 35.3 Å². The van der Waals surface area contributed by atoms with Crippen molar-refractivity contribution in [1.29, 1.82) is 0 Å². The predicted octanol–water partition coefficient (Wildman–Crippen LogP) is 1.09. The lowest BCUT2D eigenvalue weighted by Gasteiger charge is -2.21. The molecule has 0 aliphatic carbocycles. The first-order valence-electron chi connectivity index (χ1n) is 6.80. The van der Waals surface area contributed by atoms with Crippen LogP contribution in [0.4, 0.5) is 0 Å². The molecule has 19 heavy (non-hydrogen) atoms. The number of amides is 1. The van der Waals surface area contributed by atoms with Crippen LogP contribution in [0.5, 0.6) is 0 Å². The highest BCUT2D eigenvalue weighted by Crippen LogP contribution is 2.17. The lowest BCUT2D eigenvalue weighted by molar-refractivity contribution is 0.0636. The molecule has 2 rings (SSSR count). The van der Waals surface area contributed by atoms with Crippen LogP contribution in [0, 0.1) is 5.92 Å². The molecule has 1 saturated heterocycles. The number of carbonyl (C=O) groups is 1. The molecule has 0 unspecified atom stereocenters. The Hall–Kier alpha value is -1.46. The topological polar surface area (TPSA) is 77.2 Å². The van der Waals surface area contributed by atoms with Gasteiger partial charge in [-0.2, -0.15) is 0 Å². The smallest absolute Gasteiger partial charge is 0.269 e. The Bertz CT molecular complexity index is 417. The van der Waals surface area contributed by atoms with Gasteiger partial charge in [0.15, 0.2) is 0 Å². The predicted molar refractivity (Wildman–Crippen MR) is 72.6 cm³/mol. The average molecular weight is 263 g/mol. The molecule has 0 bridgehead atoms. The van der Waals surface area contributed by atoms with Crippen LogP contribution >= 0.6 is 0 Å². The maximum atomic E-state index is 11.9. The maximum absolute atomic E-state index is 11.9. The molecule has 1 aromatic rings. The van der Waals surface area contributed by atoms with Crippen molar-refractivity contribution in [2.75, 3.05) is 19.8 Å². The zero-order valence-electron chi connectivity index (χ0n) is 11.1. The quantitative estimate of drug-likeness (QED) is 0.833. The second-order valence-corrected chi connectivity index (χ2v) is 4.85. The first-order valence-corrected chi connectivity index (χ1v) is 6.80. The SMILES string of the molecule is NCc1ccnc(C(=O)NCCC2CCOCC2)c1. The molecule has 104 valence electrons. The number of nitrogens with one attached hydrogen (secondary N) is 1. The molecule has 0 spiro atoms. The van der Waals surface area contributed by atoms with Crippen LogP contribution in [0.25, 0.3) is 0 Å². The molecule has 0 aromatic carbocycles. The van der Waals surface area contributed by atoms with E-state index in [-0.39, 0.29) is 5.91 Å². The number of pyridine rings is 1. The molecular formula is C14H21N3O2. The van der Waals surface area contributed by atoms with E-state index >= 15 is 0 Å². The fraction of sp³-hybridized carbons (Fsp3) is 0.571. The Morgan fingerprint density at radius 1 is 1.47 bits per heavy atom. The summed E-state index contributed by atoms with van der Waals surface area (Å²) in [6, 6.07) is 3.56. The van der Waals surface area contributed by atoms with Crippen LogP contribution in [0.2, 0.25) is 0 Å². The minimum atomic E-state index is -0.123. The van der Waals surface area contributed by atoms with Crippen molar-refractivity contribution in [3.8, 4) is 0 Å². The van der Waals surface area contributed by atoms with Crippen LogP contribution < -0.4 is 11.1 Å². The largest absolute Gasteiger partial charge is 0.381 e. The summed E-state index contributed by atoms with van der Waals surface area (Å²) in [5.41, 5.74) is 6.91. The van der Waals surface area contributed by atoms with Crippen molar-refractivity contribution in [2.45, 2.75) is 25.8 Å². The highest BCUT2D eigenvalue weighted by atomic mass is 16.5. The van der Waals surface area contributed by atoms with E-state index in [9.17, 15) is 4.79 Å². The van der Waals surface area contributed by atoms with Crippen molar-refractivity contribution >= 4 is 5.91 Å². The van der Waals surface area contributed by atoms with E-state index in [1.54, 1.807) is 12.3 Å². The van der Waals surface area contributed by atoms with Crippen LogP contribution in [0.15, 0.2) is 18.3 Å².